The molecule has 1 N–H and O–H groups in total. The first-order chi connectivity index (χ1) is 9.97. The highest BCUT2D eigenvalue weighted by atomic mass is 79.9. The summed E-state index contributed by atoms with van der Waals surface area (Å²) in [6, 6.07) is 3.83. The lowest BCUT2D eigenvalue weighted by molar-refractivity contribution is 0.403. The first kappa shape index (κ1) is 16.4. The molecule has 6 heteroatoms. The van der Waals surface area contributed by atoms with Crippen LogP contribution >= 0.6 is 27.3 Å². The second-order valence-electron chi connectivity index (χ2n) is 4.60. The van der Waals surface area contributed by atoms with E-state index in [-0.39, 0.29) is 11.3 Å². The van der Waals surface area contributed by atoms with Crippen LogP contribution in [-0.2, 0) is 0 Å². The van der Waals surface area contributed by atoms with Crippen molar-refractivity contribution in [2.75, 3.05) is 13.7 Å². The molecule has 1 heterocycles. The van der Waals surface area contributed by atoms with E-state index in [0.29, 0.717) is 6.54 Å². The van der Waals surface area contributed by atoms with E-state index >= 15 is 0 Å². The normalized spacial score (nSPS) is 12.5. The Morgan fingerprint density at radius 1 is 1.29 bits per heavy atom. The van der Waals surface area contributed by atoms with Crippen molar-refractivity contribution in [2.45, 2.75) is 19.9 Å². The van der Waals surface area contributed by atoms with E-state index in [0.717, 1.165) is 14.2 Å². The van der Waals surface area contributed by atoms with E-state index < -0.39 is 17.7 Å². The van der Waals surface area contributed by atoms with Crippen LogP contribution in [0, 0.1) is 18.6 Å². The molecule has 1 aromatic carbocycles. The lowest BCUT2D eigenvalue weighted by Crippen LogP contribution is -2.23. The summed E-state index contributed by atoms with van der Waals surface area (Å²) in [6.07, 6.45) is 0. The third-order valence-electron chi connectivity index (χ3n) is 3.15. The van der Waals surface area contributed by atoms with Gasteiger partial charge in [-0.2, -0.15) is 0 Å². The highest BCUT2D eigenvalue weighted by Crippen LogP contribution is 2.37. The van der Waals surface area contributed by atoms with Crippen molar-refractivity contribution in [1.29, 1.82) is 0 Å². The van der Waals surface area contributed by atoms with Crippen molar-refractivity contribution in [2.24, 2.45) is 0 Å². The van der Waals surface area contributed by atoms with Gasteiger partial charge in [0.05, 0.1) is 16.9 Å². The number of rotatable bonds is 5. The minimum absolute atomic E-state index is 0.0198. The molecule has 2 rings (SSSR count). The minimum atomic E-state index is -0.611. The molecule has 0 aliphatic rings. The lowest BCUT2D eigenvalue weighted by Gasteiger charge is -2.19. The number of hydrogen-bond acceptors (Lipinski definition) is 3. The van der Waals surface area contributed by atoms with Crippen LogP contribution in [-0.4, -0.2) is 13.7 Å². The fourth-order valence-electron chi connectivity index (χ4n) is 2.13. The molecular weight excluding hydrogens is 360 g/mol. The van der Waals surface area contributed by atoms with E-state index in [4.69, 9.17) is 4.74 Å². The molecular formula is C15H16BrF2NOS. The Kier molecular flexibility index (Phi) is 5.35. The Hall–Kier alpha value is -0.980. The number of hydrogen-bond donors (Lipinski definition) is 1. The molecule has 114 valence electrons. The molecule has 0 aliphatic carbocycles. The second-order valence-corrected chi connectivity index (χ2v) is 7.00. The molecule has 0 radical (unpaired) electrons. The summed E-state index contributed by atoms with van der Waals surface area (Å²) in [5, 5.41) is 3.14. The SMILES string of the molecule is CCNC(c1cc(C)c(Br)s1)c1c(F)cc(OC)cc1F. The number of nitrogens with one attached hydrogen (secondary N) is 1. The van der Waals surface area contributed by atoms with Gasteiger partial charge in [-0.1, -0.05) is 6.92 Å². The standard InChI is InChI=1S/C15H16BrF2NOS/c1-4-19-14(12-5-8(2)15(16)21-12)13-10(17)6-9(20-3)7-11(13)18/h5-7,14,19H,4H2,1-3H3. The van der Waals surface area contributed by atoms with Crippen molar-refractivity contribution in [3.8, 4) is 5.75 Å². The maximum atomic E-state index is 14.3. The Morgan fingerprint density at radius 2 is 1.90 bits per heavy atom. The van der Waals surface area contributed by atoms with Crippen LogP contribution in [0.1, 0.15) is 29.0 Å². The van der Waals surface area contributed by atoms with Crippen molar-refractivity contribution < 1.29 is 13.5 Å². The third kappa shape index (κ3) is 3.44. The molecule has 2 aromatic rings. The first-order valence-corrected chi connectivity index (χ1v) is 8.11. The molecule has 1 unspecified atom stereocenters. The Morgan fingerprint density at radius 3 is 2.33 bits per heavy atom. The number of aryl methyl sites for hydroxylation is 1. The zero-order valence-electron chi connectivity index (χ0n) is 12.0. The summed E-state index contributed by atoms with van der Waals surface area (Å²) < 4.78 is 34.5. The largest absolute Gasteiger partial charge is 0.497 e. The number of thiophene rings is 1. The van der Waals surface area contributed by atoms with Crippen LogP contribution < -0.4 is 10.1 Å². The van der Waals surface area contributed by atoms with Gasteiger partial charge >= 0.3 is 0 Å². The second kappa shape index (κ2) is 6.85. The smallest absolute Gasteiger partial charge is 0.134 e. The highest BCUT2D eigenvalue weighted by Gasteiger charge is 2.24. The van der Waals surface area contributed by atoms with Crippen LogP contribution in [0.15, 0.2) is 22.0 Å². The number of ether oxygens (including phenoxy) is 1. The van der Waals surface area contributed by atoms with Crippen LogP contribution in [0.5, 0.6) is 5.75 Å². The van der Waals surface area contributed by atoms with Gasteiger partial charge in [0.15, 0.2) is 0 Å². The van der Waals surface area contributed by atoms with Crippen LogP contribution in [0.3, 0.4) is 0 Å². The van der Waals surface area contributed by atoms with Gasteiger partial charge in [-0.15, -0.1) is 11.3 Å². The molecule has 1 aromatic heterocycles. The van der Waals surface area contributed by atoms with E-state index in [1.165, 1.54) is 30.6 Å². The molecule has 0 saturated carbocycles. The first-order valence-electron chi connectivity index (χ1n) is 6.50. The molecule has 0 bridgehead atoms. The van der Waals surface area contributed by atoms with Gasteiger partial charge in [0, 0.05) is 22.6 Å². The quantitative estimate of drug-likeness (QED) is 0.809. The van der Waals surface area contributed by atoms with Crippen molar-refractivity contribution >= 4 is 27.3 Å². The molecule has 1 atom stereocenters. The number of halogens is 3. The van der Waals surface area contributed by atoms with E-state index in [2.05, 4.69) is 21.2 Å². The van der Waals surface area contributed by atoms with Gasteiger partial charge < -0.3 is 10.1 Å². The zero-order chi connectivity index (χ0) is 15.6. The summed E-state index contributed by atoms with van der Waals surface area (Å²) >= 11 is 4.93. The van der Waals surface area contributed by atoms with E-state index in [1.807, 2.05) is 19.9 Å². The number of methoxy groups -OCH3 is 1. The predicted octanol–water partition coefficient (Wildman–Crippen LogP) is 4.80. The maximum absolute atomic E-state index is 14.3. The summed E-state index contributed by atoms with van der Waals surface area (Å²) in [5.74, 6) is -1.05. The lowest BCUT2D eigenvalue weighted by atomic mass is 10.0. The van der Waals surface area contributed by atoms with Crippen molar-refractivity contribution in [1.82, 2.24) is 5.32 Å². The van der Waals surface area contributed by atoms with Gasteiger partial charge in [-0.05, 0) is 41.0 Å². The molecule has 0 aliphatic heterocycles. The van der Waals surface area contributed by atoms with Gasteiger partial charge in [-0.3, -0.25) is 0 Å². The molecule has 0 saturated heterocycles. The summed E-state index contributed by atoms with van der Waals surface area (Å²) in [4.78, 5) is 0.865. The maximum Gasteiger partial charge on any atom is 0.134 e. The molecule has 0 amide bonds. The Bertz CT molecular complexity index is 602. The summed E-state index contributed by atoms with van der Waals surface area (Å²) in [6.45, 7) is 4.46. The number of benzene rings is 1. The minimum Gasteiger partial charge on any atom is -0.497 e. The summed E-state index contributed by atoms with van der Waals surface area (Å²) in [7, 11) is 1.38. The fraction of sp³-hybridized carbons (Fsp3) is 0.333. The van der Waals surface area contributed by atoms with Gasteiger partial charge in [0.1, 0.15) is 17.4 Å². The van der Waals surface area contributed by atoms with Crippen LogP contribution in [0.2, 0.25) is 0 Å². The van der Waals surface area contributed by atoms with Gasteiger partial charge in [-0.25, -0.2) is 8.78 Å². The zero-order valence-corrected chi connectivity index (χ0v) is 14.4. The fourth-order valence-corrected chi connectivity index (χ4v) is 3.79. The Balaban J connectivity index is 2.52. The molecule has 0 spiro atoms. The highest BCUT2D eigenvalue weighted by molar-refractivity contribution is 9.11. The predicted molar refractivity (Wildman–Crippen MR) is 85.2 cm³/mol. The van der Waals surface area contributed by atoms with Crippen molar-refractivity contribution in [3.63, 3.8) is 0 Å². The average molecular weight is 376 g/mol. The van der Waals surface area contributed by atoms with Gasteiger partial charge in [0.25, 0.3) is 0 Å². The van der Waals surface area contributed by atoms with Crippen molar-refractivity contribution in [3.05, 3.63) is 49.6 Å². The monoisotopic (exact) mass is 375 g/mol. The molecule has 0 fully saturated rings. The summed E-state index contributed by atoms with van der Waals surface area (Å²) in [5.41, 5.74) is 1.07. The van der Waals surface area contributed by atoms with E-state index in [1.54, 1.807) is 0 Å². The Labute approximate surface area is 135 Å². The van der Waals surface area contributed by atoms with E-state index in [9.17, 15) is 8.78 Å². The molecule has 21 heavy (non-hydrogen) atoms. The topological polar surface area (TPSA) is 21.3 Å². The third-order valence-corrected chi connectivity index (χ3v) is 5.35. The average Bonchev–Trinajstić information content (AvgIpc) is 2.76. The van der Waals surface area contributed by atoms with Crippen LogP contribution in [0.4, 0.5) is 8.78 Å². The van der Waals surface area contributed by atoms with Gasteiger partial charge in [0.2, 0.25) is 0 Å². The van der Waals surface area contributed by atoms with Crippen LogP contribution in [0.25, 0.3) is 0 Å². The molecule has 2 nitrogen and oxygen atoms in total.